The molecule has 2 aromatic carbocycles. The van der Waals surface area contributed by atoms with E-state index < -0.39 is 0 Å². The second kappa shape index (κ2) is 6.75. The van der Waals surface area contributed by atoms with Crippen molar-refractivity contribution in [2.24, 2.45) is 4.99 Å². The molecule has 29 heavy (non-hydrogen) atoms. The number of nitrogens with zero attached hydrogens (tertiary/aromatic N) is 3. The standard InChI is InChI=1S/C20H15ClN4O3S/c1-28-13-5-3-12(4-6-13)24-9-22-20-25(10-24)19(27)17(29-20)16-14-8-11(21)2-7-15(14)23-18(16)26/h2-8H,9-10H2,1H3,(H,23,26)/b17-16-. The van der Waals surface area contributed by atoms with Crippen molar-refractivity contribution >= 4 is 45.8 Å². The van der Waals surface area contributed by atoms with Gasteiger partial charge in [0.05, 0.1) is 12.7 Å². The van der Waals surface area contributed by atoms with Crippen LogP contribution in [0.5, 0.6) is 5.75 Å². The highest BCUT2D eigenvalue weighted by atomic mass is 35.5. The fraction of sp³-hybridized carbons (Fsp3) is 0.150. The maximum atomic E-state index is 13.2. The average molecular weight is 427 g/mol. The molecule has 1 aromatic heterocycles. The summed E-state index contributed by atoms with van der Waals surface area (Å²) in [6.45, 7) is 0.785. The van der Waals surface area contributed by atoms with Crippen molar-refractivity contribution in [2.75, 3.05) is 24.0 Å². The first kappa shape index (κ1) is 18.0. The van der Waals surface area contributed by atoms with Gasteiger partial charge in [0.15, 0.2) is 4.80 Å². The van der Waals surface area contributed by atoms with E-state index in [1.54, 1.807) is 29.9 Å². The highest BCUT2D eigenvalue weighted by Gasteiger charge is 2.28. The number of carbonyl (C=O) groups excluding carboxylic acids is 1. The molecule has 1 amide bonds. The van der Waals surface area contributed by atoms with Crippen LogP contribution in [0.3, 0.4) is 0 Å². The van der Waals surface area contributed by atoms with E-state index in [0.717, 1.165) is 11.4 Å². The lowest BCUT2D eigenvalue weighted by Crippen LogP contribution is -2.43. The van der Waals surface area contributed by atoms with Gasteiger partial charge in [-0.1, -0.05) is 22.9 Å². The van der Waals surface area contributed by atoms with Crippen LogP contribution in [-0.2, 0) is 11.5 Å². The molecule has 2 aliphatic heterocycles. The average Bonchev–Trinajstić information content (AvgIpc) is 3.23. The quantitative estimate of drug-likeness (QED) is 0.677. The van der Waals surface area contributed by atoms with Gasteiger partial charge in [-0.15, -0.1) is 0 Å². The second-order valence-electron chi connectivity index (χ2n) is 6.64. The van der Waals surface area contributed by atoms with E-state index in [4.69, 9.17) is 16.3 Å². The Hall–Kier alpha value is -3.10. The molecule has 0 fully saturated rings. The molecule has 0 unspecified atom stereocenters. The number of thiazole rings is 1. The van der Waals surface area contributed by atoms with E-state index >= 15 is 0 Å². The van der Waals surface area contributed by atoms with Crippen LogP contribution in [0.1, 0.15) is 5.56 Å². The summed E-state index contributed by atoms with van der Waals surface area (Å²) in [5.41, 5.74) is 2.35. The summed E-state index contributed by atoms with van der Waals surface area (Å²) < 4.78 is 7.16. The summed E-state index contributed by atoms with van der Waals surface area (Å²) in [5.74, 6) is 0.463. The number of benzene rings is 2. The van der Waals surface area contributed by atoms with Gasteiger partial charge in [-0.3, -0.25) is 14.2 Å². The number of rotatable bonds is 2. The van der Waals surface area contributed by atoms with Crippen LogP contribution in [0.25, 0.3) is 5.57 Å². The Morgan fingerprint density at radius 2 is 1.97 bits per heavy atom. The Morgan fingerprint density at radius 3 is 2.72 bits per heavy atom. The first-order valence-corrected chi connectivity index (χ1v) is 10.0. The number of methoxy groups -OCH3 is 1. The van der Waals surface area contributed by atoms with Crippen molar-refractivity contribution < 1.29 is 9.53 Å². The molecule has 0 spiro atoms. The number of nitrogens with one attached hydrogen (secondary N) is 1. The molecule has 3 heterocycles. The zero-order valence-electron chi connectivity index (χ0n) is 15.3. The van der Waals surface area contributed by atoms with Gasteiger partial charge in [0.25, 0.3) is 11.5 Å². The maximum absolute atomic E-state index is 13.2. The third kappa shape index (κ3) is 2.92. The number of fused-ring (bicyclic) bond motifs is 2. The monoisotopic (exact) mass is 426 g/mol. The number of amides is 1. The SMILES string of the molecule is COc1ccc(N2CN=c3s/c(=C4\C(=O)Nc5ccc(Cl)cc54)c(=O)n3C2)cc1. The number of anilines is 2. The number of hydrogen-bond acceptors (Lipinski definition) is 6. The van der Waals surface area contributed by atoms with E-state index in [-0.39, 0.29) is 11.5 Å². The Kier molecular flexibility index (Phi) is 4.18. The molecule has 0 bridgehead atoms. The largest absolute Gasteiger partial charge is 0.497 e. The number of hydrogen-bond donors (Lipinski definition) is 1. The van der Waals surface area contributed by atoms with Gasteiger partial charge in [-0.05, 0) is 42.5 Å². The first-order chi connectivity index (χ1) is 14.0. The highest BCUT2D eigenvalue weighted by Crippen LogP contribution is 2.32. The van der Waals surface area contributed by atoms with Crippen molar-refractivity contribution in [3.05, 3.63) is 72.7 Å². The molecule has 2 aliphatic rings. The van der Waals surface area contributed by atoms with Crippen molar-refractivity contribution in [1.29, 1.82) is 0 Å². The van der Waals surface area contributed by atoms with E-state index in [1.165, 1.54) is 11.3 Å². The Balaban J connectivity index is 1.61. The molecular formula is C20H15ClN4O3S. The third-order valence-electron chi connectivity index (χ3n) is 4.94. The second-order valence-corrected chi connectivity index (χ2v) is 8.06. The van der Waals surface area contributed by atoms with Gasteiger partial charge in [-0.25, -0.2) is 4.99 Å². The van der Waals surface area contributed by atoms with Gasteiger partial charge in [0.2, 0.25) is 0 Å². The summed E-state index contributed by atoms with van der Waals surface area (Å²) in [4.78, 5) is 32.9. The van der Waals surface area contributed by atoms with E-state index in [1.807, 2.05) is 29.2 Å². The summed E-state index contributed by atoms with van der Waals surface area (Å²) in [7, 11) is 1.62. The van der Waals surface area contributed by atoms with Crippen LogP contribution in [0.15, 0.2) is 52.3 Å². The molecule has 0 saturated carbocycles. The smallest absolute Gasteiger partial charge is 0.272 e. The third-order valence-corrected chi connectivity index (χ3v) is 6.29. The fourth-order valence-electron chi connectivity index (χ4n) is 3.48. The minimum Gasteiger partial charge on any atom is -0.497 e. The van der Waals surface area contributed by atoms with E-state index in [9.17, 15) is 9.59 Å². The van der Waals surface area contributed by atoms with E-state index in [0.29, 0.717) is 44.5 Å². The number of carbonyl (C=O) groups is 1. The number of ether oxygens (including phenoxy) is 1. The lowest BCUT2D eigenvalue weighted by Gasteiger charge is -2.25. The molecule has 9 heteroatoms. The minimum absolute atomic E-state index is 0.232. The topological polar surface area (TPSA) is 75.9 Å². The number of aromatic nitrogens is 1. The number of halogens is 1. The summed E-state index contributed by atoms with van der Waals surface area (Å²) in [6, 6.07) is 12.7. The lowest BCUT2D eigenvalue weighted by atomic mass is 10.1. The Bertz CT molecular complexity index is 1330. The van der Waals surface area contributed by atoms with E-state index in [2.05, 4.69) is 10.3 Å². The fourth-order valence-corrected chi connectivity index (χ4v) is 4.71. The van der Waals surface area contributed by atoms with Gasteiger partial charge in [0, 0.05) is 22.0 Å². The van der Waals surface area contributed by atoms with Gasteiger partial charge in [0.1, 0.15) is 23.6 Å². The molecule has 7 nitrogen and oxygen atoms in total. The first-order valence-electron chi connectivity index (χ1n) is 8.84. The van der Waals surface area contributed by atoms with Crippen molar-refractivity contribution in [1.82, 2.24) is 4.57 Å². The molecule has 0 atom stereocenters. The summed E-state index contributed by atoms with van der Waals surface area (Å²) in [5, 5.41) is 3.31. The molecule has 0 aliphatic carbocycles. The van der Waals surface area contributed by atoms with Crippen molar-refractivity contribution in [3.8, 4) is 5.75 Å². The molecule has 0 saturated heterocycles. The summed E-state index contributed by atoms with van der Waals surface area (Å²) in [6.07, 6.45) is 0. The molecule has 1 N–H and O–H groups in total. The van der Waals surface area contributed by atoms with Crippen molar-refractivity contribution in [3.63, 3.8) is 0 Å². The van der Waals surface area contributed by atoms with Crippen LogP contribution >= 0.6 is 22.9 Å². The minimum atomic E-state index is -0.300. The van der Waals surface area contributed by atoms with Crippen LogP contribution < -0.4 is 29.8 Å². The highest BCUT2D eigenvalue weighted by molar-refractivity contribution is 7.07. The zero-order valence-corrected chi connectivity index (χ0v) is 16.9. The predicted octanol–water partition coefficient (Wildman–Crippen LogP) is 1.78. The summed E-state index contributed by atoms with van der Waals surface area (Å²) >= 11 is 7.34. The lowest BCUT2D eigenvalue weighted by molar-refractivity contribution is -0.110. The molecule has 0 radical (unpaired) electrons. The zero-order chi connectivity index (χ0) is 20.1. The molecule has 5 rings (SSSR count). The van der Waals surface area contributed by atoms with Crippen LogP contribution in [0.4, 0.5) is 11.4 Å². The maximum Gasteiger partial charge on any atom is 0.272 e. The van der Waals surface area contributed by atoms with Crippen LogP contribution in [-0.4, -0.2) is 24.3 Å². The Labute approximate surface area is 174 Å². The van der Waals surface area contributed by atoms with Crippen molar-refractivity contribution in [2.45, 2.75) is 6.67 Å². The normalized spacial score (nSPS) is 16.8. The van der Waals surface area contributed by atoms with Gasteiger partial charge < -0.3 is 15.0 Å². The molecule has 3 aromatic rings. The Morgan fingerprint density at radius 1 is 1.17 bits per heavy atom. The van der Waals surface area contributed by atoms with Gasteiger partial charge >= 0.3 is 0 Å². The van der Waals surface area contributed by atoms with Gasteiger partial charge in [-0.2, -0.15) is 0 Å². The van der Waals surface area contributed by atoms with Crippen LogP contribution in [0.2, 0.25) is 5.02 Å². The molecule has 146 valence electrons. The predicted molar refractivity (Wildman–Crippen MR) is 112 cm³/mol. The van der Waals surface area contributed by atoms with Crippen LogP contribution in [0, 0.1) is 0 Å². The molecular weight excluding hydrogens is 412 g/mol.